The maximum atomic E-state index is 12.4. The van der Waals surface area contributed by atoms with Crippen molar-refractivity contribution >= 4 is 29.6 Å². The molecule has 2 rings (SSSR count). The van der Waals surface area contributed by atoms with E-state index in [-0.39, 0.29) is 0 Å². The number of nitrogens with zero attached hydrogens (tertiary/aromatic N) is 1. The third-order valence-electron chi connectivity index (χ3n) is 3.96. The molecule has 1 aromatic carbocycles. The lowest BCUT2D eigenvalue weighted by Crippen LogP contribution is -2.46. The molecule has 0 aromatic heterocycles. The summed E-state index contributed by atoms with van der Waals surface area (Å²) in [6.45, 7) is 3.12. The lowest BCUT2D eigenvalue weighted by molar-refractivity contribution is -0.134. The zero-order chi connectivity index (χ0) is 18.4. The fraction of sp³-hybridized carbons (Fsp3) is 0.412. The quantitative estimate of drug-likeness (QED) is 0.683. The van der Waals surface area contributed by atoms with E-state index in [9.17, 15) is 19.2 Å². The first kappa shape index (κ1) is 18.4. The maximum Gasteiger partial charge on any atom is 0.325 e. The second-order valence-electron chi connectivity index (χ2n) is 6.13. The van der Waals surface area contributed by atoms with E-state index in [4.69, 9.17) is 0 Å². The first-order valence-electron chi connectivity index (χ1n) is 8.15. The Morgan fingerprint density at radius 1 is 1.20 bits per heavy atom. The number of hydrogen-bond acceptors (Lipinski definition) is 4. The molecule has 1 aromatic rings. The molecule has 0 bridgehead atoms. The summed E-state index contributed by atoms with van der Waals surface area (Å²) in [4.78, 5) is 49.0. The van der Waals surface area contributed by atoms with Crippen LogP contribution in [0, 0.1) is 0 Å². The molecule has 1 aliphatic rings. The molecule has 8 nitrogen and oxygen atoms in total. The fourth-order valence-corrected chi connectivity index (χ4v) is 2.58. The van der Waals surface area contributed by atoms with Crippen LogP contribution in [-0.4, -0.2) is 40.9 Å². The van der Waals surface area contributed by atoms with Gasteiger partial charge in [-0.25, -0.2) is 9.59 Å². The molecular formula is C17H22N4O4. The predicted octanol–water partition coefficient (Wildman–Crippen LogP) is 1.84. The van der Waals surface area contributed by atoms with Crippen LogP contribution in [0.4, 0.5) is 15.3 Å². The molecule has 0 spiro atoms. The van der Waals surface area contributed by atoms with Crippen molar-refractivity contribution in [1.29, 1.82) is 0 Å². The van der Waals surface area contributed by atoms with Gasteiger partial charge in [-0.1, -0.05) is 38.0 Å². The van der Waals surface area contributed by atoms with E-state index in [0.717, 1.165) is 17.7 Å². The molecular weight excluding hydrogens is 324 g/mol. The summed E-state index contributed by atoms with van der Waals surface area (Å²) in [5.41, 5.74) is -0.477. The van der Waals surface area contributed by atoms with E-state index < -0.39 is 36.0 Å². The van der Waals surface area contributed by atoms with Crippen LogP contribution in [0.25, 0.3) is 0 Å². The maximum absolute atomic E-state index is 12.4. The van der Waals surface area contributed by atoms with Crippen molar-refractivity contribution < 1.29 is 19.2 Å². The predicted molar refractivity (Wildman–Crippen MR) is 91.8 cm³/mol. The Bertz CT molecular complexity index is 676. The van der Waals surface area contributed by atoms with Gasteiger partial charge in [-0.15, -0.1) is 0 Å². The summed E-state index contributed by atoms with van der Waals surface area (Å²) in [6.07, 6.45) is 2.17. The summed E-state index contributed by atoms with van der Waals surface area (Å²) in [7, 11) is 0. The Hall–Kier alpha value is -2.90. The number of rotatable bonds is 6. The van der Waals surface area contributed by atoms with Crippen LogP contribution in [0.2, 0.25) is 0 Å². The highest BCUT2D eigenvalue weighted by atomic mass is 16.2. The van der Waals surface area contributed by atoms with Crippen LogP contribution >= 0.6 is 0 Å². The van der Waals surface area contributed by atoms with Crippen LogP contribution in [0.1, 0.15) is 33.1 Å². The van der Waals surface area contributed by atoms with E-state index in [1.54, 1.807) is 37.3 Å². The highest BCUT2D eigenvalue weighted by Crippen LogP contribution is 2.23. The van der Waals surface area contributed by atoms with Crippen LogP contribution in [0.5, 0.6) is 0 Å². The van der Waals surface area contributed by atoms with Crippen molar-refractivity contribution in [2.24, 2.45) is 0 Å². The van der Waals surface area contributed by atoms with Crippen molar-refractivity contribution in [3.8, 4) is 0 Å². The Morgan fingerprint density at radius 2 is 1.88 bits per heavy atom. The molecule has 1 saturated heterocycles. The van der Waals surface area contributed by atoms with Crippen LogP contribution in [-0.2, 0) is 9.59 Å². The number of nitrogens with one attached hydrogen (secondary N) is 3. The second-order valence-corrected chi connectivity index (χ2v) is 6.13. The number of urea groups is 2. The smallest absolute Gasteiger partial charge is 0.323 e. The highest BCUT2D eigenvalue weighted by Gasteiger charge is 2.47. The zero-order valence-electron chi connectivity index (χ0n) is 14.3. The summed E-state index contributed by atoms with van der Waals surface area (Å²) >= 11 is 0. The molecule has 0 radical (unpaired) electrons. The fourth-order valence-electron chi connectivity index (χ4n) is 2.58. The van der Waals surface area contributed by atoms with E-state index >= 15 is 0 Å². The summed E-state index contributed by atoms with van der Waals surface area (Å²) in [5.74, 6) is -1.19. The van der Waals surface area contributed by atoms with Crippen molar-refractivity contribution in [3.63, 3.8) is 0 Å². The number of benzene rings is 1. The van der Waals surface area contributed by atoms with Gasteiger partial charge in [0.2, 0.25) is 5.91 Å². The standard InChI is InChI=1S/C17H22N4O4/c1-3-4-10-17(2)14(23)21(16(25)20-17)11-13(22)19-15(24)18-12-8-6-5-7-9-12/h5-9H,3-4,10-11H2,1-2H3,(H,20,25)(H2,18,19,22,24)/t17-/m1/s1. The Kier molecular flexibility index (Phi) is 5.74. The van der Waals surface area contributed by atoms with Gasteiger partial charge in [0.15, 0.2) is 0 Å². The second kappa shape index (κ2) is 7.78. The summed E-state index contributed by atoms with van der Waals surface area (Å²) < 4.78 is 0. The summed E-state index contributed by atoms with van der Waals surface area (Å²) in [6, 6.07) is 7.26. The molecule has 134 valence electrons. The molecule has 6 amide bonds. The number of anilines is 1. The van der Waals surface area contributed by atoms with Gasteiger partial charge < -0.3 is 10.6 Å². The number of para-hydroxylation sites is 1. The van der Waals surface area contributed by atoms with Crippen molar-refractivity contribution in [2.75, 3.05) is 11.9 Å². The average Bonchev–Trinajstić information content (AvgIpc) is 2.77. The SMILES string of the molecule is CCCC[C@@]1(C)NC(=O)N(CC(=O)NC(=O)Nc2ccccc2)C1=O. The molecule has 1 aliphatic heterocycles. The number of unbranched alkanes of at least 4 members (excludes halogenated alkanes) is 1. The third-order valence-corrected chi connectivity index (χ3v) is 3.96. The van der Waals surface area contributed by atoms with E-state index in [0.29, 0.717) is 12.1 Å². The Morgan fingerprint density at radius 3 is 2.52 bits per heavy atom. The lowest BCUT2D eigenvalue weighted by atomic mass is 9.95. The molecule has 25 heavy (non-hydrogen) atoms. The van der Waals surface area contributed by atoms with Crippen LogP contribution in [0.3, 0.4) is 0 Å². The largest absolute Gasteiger partial charge is 0.325 e. The molecule has 8 heteroatoms. The van der Waals surface area contributed by atoms with Gasteiger partial charge >= 0.3 is 12.1 Å². The van der Waals surface area contributed by atoms with Crippen molar-refractivity contribution in [3.05, 3.63) is 30.3 Å². The van der Waals surface area contributed by atoms with Crippen molar-refractivity contribution in [2.45, 2.75) is 38.6 Å². The average molecular weight is 346 g/mol. The number of hydrogen-bond donors (Lipinski definition) is 3. The molecule has 1 fully saturated rings. The van der Waals surface area contributed by atoms with Gasteiger partial charge in [0.05, 0.1) is 0 Å². The van der Waals surface area contributed by atoms with Crippen LogP contribution in [0.15, 0.2) is 30.3 Å². The molecule has 3 N–H and O–H groups in total. The molecule has 1 heterocycles. The minimum Gasteiger partial charge on any atom is -0.323 e. The minimum atomic E-state index is -1.00. The van der Waals surface area contributed by atoms with Gasteiger partial charge in [0, 0.05) is 5.69 Å². The lowest BCUT2D eigenvalue weighted by Gasteiger charge is -2.21. The first-order chi connectivity index (χ1) is 11.9. The van der Waals surface area contributed by atoms with Gasteiger partial charge in [-0.05, 0) is 25.5 Å². The summed E-state index contributed by atoms with van der Waals surface area (Å²) in [5, 5.41) is 7.21. The number of imide groups is 2. The molecule has 0 aliphatic carbocycles. The zero-order valence-corrected chi connectivity index (χ0v) is 14.3. The van der Waals surface area contributed by atoms with E-state index in [2.05, 4.69) is 16.0 Å². The molecule has 1 atom stereocenters. The van der Waals surface area contributed by atoms with Crippen LogP contribution < -0.4 is 16.0 Å². The van der Waals surface area contributed by atoms with Gasteiger partial charge in [-0.3, -0.25) is 19.8 Å². The first-order valence-corrected chi connectivity index (χ1v) is 8.15. The van der Waals surface area contributed by atoms with E-state index in [1.165, 1.54) is 0 Å². The number of carbonyl (C=O) groups is 4. The third kappa shape index (κ3) is 4.56. The van der Waals surface area contributed by atoms with Crippen molar-refractivity contribution in [1.82, 2.24) is 15.5 Å². The topological polar surface area (TPSA) is 108 Å². The number of carbonyl (C=O) groups excluding carboxylic acids is 4. The minimum absolute atomic E-state index is 0.454. The normalized spacial score (nSPS) is 19.5. The Balaban J connectivity index is 1.90. The van der Waals surface area contributed by atoms with E-state index in [1.807, 2.05) is 6.92 Å². The van der Waals surface area contributed by atoms with Gasteiger partial charge in [0.1, 0.15) is 12.1 Å². The van der Waals surface area contributed by atoms with Gasteiger partial charge in [0.25, 0.3) is 5.91 Å². The monoisotopic (exact) mass is 346 g/mol. The molecule has 0 unspecified atom stereocenters. The number of amides is 6. The highest BCUT2D eigenvalue weighted by molar-refractivity contribution is 6.10. The molecule has 0 saturated carbocycles. The van der Waals surface area contributed by atoms with Gasteiger partial charge in [-0.2, -0.15) is 0 Å². The Labute approximate surface area is 145 Å².